The molecule has 1 amide bonds. The molecule has 0 radical (unpaired) electrons. The van der Waals surface area contributed by atoms with Crippen LogP contribution in [0.5, 0.6) is 11.6 Å². The van der Waals surface area contributed by atoms with Gasteiger partial charge in [-0.1, -0.05) is 12.1 Å². The Morgan fingerprint density at radius 1 is 0.974 bits per heavy atom. The summed E-state index contributed by atoms with van der Waals surface area (Å²) in [6.07, 6.45) is 1.92. The van der Waals surface area contributed by atoms with Crippen molar-refractivity contribution in [2.24, 2.45) is 7.05 Å². The summed E-state index contributed by atoms with van der Waals surface area (Å²) in [5.74, 6) is 1.50. The molecule has 0 atom stereocenters. The number of hydrogen-bond donors (Lipinski definition) is 1. The third-order valence-electron chi connectivity index (χ3n) is 6.47. The van der Waals surface area contributed by atoms with E-state index in [1.807, 2.05) is 74.1 Å². The topological polar surface area (TPSA) is 96.1 Å². The largest absolute Gasteiger partial charge is 0.436 e. The minimum Gasteiger partial charge on any atom is -0.436 e. The van der Waals surface area contributed by atoms with Crippen LogP contribution in [-0.2, 0) is 7.05 Å². The highest BCUT2D eigenvalue weighted by Gasteiger charge is 2.17. The summed E-state index contributed by atoms with van der Waals surface area (Å²) in [5.41, 5.74) is 7.35. The van der Waals surface area contributed by atoms with Crippen LogP contribution in [0.2, 0.25) is 0 Å². The molecule has 2 heterocycles. The molecule has 0 saturated heterocycles. The van der Waals surface area contributed by atoms with Crippen LogP contribution in [0.4, 0.5) is 11.6 Å². The van der Waals surface area contributed by atoms with Crippen molar-refractivity contribution >= 4 is 28.6 Å². The summed E-state index contributed by atoms with van der Waals surface area (Å²) in [4.78, 5) is 23.4. The molecule has 0 bridgehead atoms. The van der Waals surface area contributed by atoms with Crippen molar-refractivity contribution in [2.75, 3.05) is 19.4 Å². The van der Waals surface area contributed by atoms with E-state index in [4.69, 9.17) is 15.0 Å². The van der Waals surface area contributed by atoms with Gasteiger partial charge < -0.3 is 19.5 Å². The maximum Gasteiger partial charge on any atom is 0.253 e. The molecule has 8 nitrogen and oxygen atoms in total. The van der Waals surface area contributed by atoms with Gasteiger partial charge in [0.05, 0.1) is 17.1 Å². The van der Waals surface area contributed by atoms with Crippen LogP contribution in [-0.4, -0.2) is 39.4 Å². The molecular formula is C31H28N6O2. The number of fused-ring (bicyclic) bond motifs is 1. The summed E-state index contributed by atoms with van der Waals surface area (Å²) < 4.78 is 8.41. The summed E-state index contributed by atoms with van der Waals surface area (Å²) in [5, 5.41) is 12.3. The fourth-order valence-electron chi connectivity index (χ4n) is 4.50. The lowest BCUT2D eigenvalue weighted by Crippen LogP contribution is -2.21. The predicted molar refractivity (Wildman–Crippen MR) is 152 cm³/mol. The van der Waals surface area contributed by atoms with Crippen molar-refractivity contribution in [3.63, 3.8) is 0 Å². The maximum atomic E-state index is 12.5. The van der Waals surface area contributed by atoms with Crippen LogP contribution in [0, 0.1) is 25.2 Å². The number of amides is 1. The number of benzene rings is 3. The second kappa shape index (κ2) is 10.3. The van der Waals surface area contributed by atoms with Gasteiger partial charge in [0.25, 0.3) is 5.91 Å². The predicted octanol–water partition coefficient (Wildman–Crippen LogP) is 6.36. The van der Waals surface area contributed by atoms with E-state index in [-0.39, 0.29) is 5.91 Å². The van der Waals surface area contributed by atoms with E-state index >= 15 is 0 Å². The Balaban J connectivity index is 1.50. The fraction of sp³-hybridized carbons (Fsp3) is 0.161. The number of nitrogens with zero attached hydrogens (tertiary/aromatic N) is 5. The number of anilines is 2. The van der Waals surface area contributed by atoms with Gasteiger partial charge in [-0.15, -0.1) is 0 Å². The van der Waals surface area contributed by atoms with Gasteiger partial charge in [0, 0.05) is 38.6 Å². The van der Waals surface area contributed by atoms with E-state index in [0.717, 1.165) is 39.0 Å². The molecule has 5 rings (SSSR count). The Morgan fingerprint density at radius 2 is 1.69 bits per heavy atom. The van der Waals surface area contributed by atoms with Gasteiger partial charge in [-0.05, 0) is 90.7 Å². The van der Waals surface area contributed by atoms with Crippen molar-refractivity contribution in [1.82, 2.24) is 19.4 Å². The molecule has 5 aromatic rings. The van der Waals surface area contributed by atoms with E-state index in [1.54, 1.807) is 31.1 Å². The molecule has 0 aliphatic heterocycles. The van der Waals surface area contributed by atoms with Gasteiger partial charge in [-0.25, -0.2) is 4.98 Å². The van der Waals surface area contributed by atoms with Gasteiger partial charge >= 0.3 is 0 Å². The van der Waals surface area contributed by atoms with Crippen molar-refractivity contribution in [1.29, 1.82) is 5.26 Å². The first-order chi connectivity index (χ1) is 18.7. The van der Waals surface area contributed by atoms with Crippen molar-refractivity contribution in [3.05, 3.63) is 95.2 Å². The van der Waals surface area contributed by atoms with Crippen molar-refractivity contribution in [3.8, 4) is 28.8 Å². The highest BCUT2D eigenvalue weighted by molar-refractivity contribution is 5.95. The van der Waals surface area contributed by atoms with Gasteiger partial charge in [0.1, 0.15) is 11.3 Å². The lowest BCUT2D eigenvalue weighted by molar-refractivity contribution is 0.0827. The van der Waals surface area contributed by atoms with E-state index in [9.17, 15) is 4.79 Å². The van der Waals surface area contributed by atoms with E-state index < -0.39 is 0 Å². The number of aryl methyl sites for hydroxylation is 3. The number of nitrogens with one attached hydrogen (secondary N) is 1. The molecule has 39 heavy (non-hydrogen) atoms. The molecule has 0 aliphatic rings. The number of ether oxygens (including phenoxy) is 1. The Kier molecular flexibility index (Phi) is 6.73. The minimum absolute atomic E-state index is 0.0361. The molecule has 0 spiro atoms. The summed E-state index contributed by atoms with van der Waals surface area (Å²) >= 11 is 0. The molecule has 0 unspecified atom stereocenters. The number of nitriles is 1. The third-order valence-corrected chi connectivity index (χ3v) is 6.47. The van der Waals surface area contributed by atoms with Crippen LogP contribution >= 0.6 is 0 Å². The molecule has 1 N–H and O–H groups in total. The normalized spacial score (nSPS) is 10.8. The van der Waals surface area contributed by atoms with E-state index in [1.165, 1.54) is 0 Å². The number of carbonyl (C=O) groups is 1. The average Bonchev–Trinajstić information content (AvgIpc) is 3.31. The Hall–Kier alpha value is -5.16. The maximum absolute atomic E-state index is 12.5. The second-order valence-corrected chi connectivity index (χ2v) is 9.65. The van der Waals surface area contributed by atoms with E-state index in [0.29, 0.717) is 28.7 Å². The third kappa shape index (κ3) is 5.15. The Labute approximate surface area is 227 Å². The van der Waals surface area contributed by atoms with E-state index in [2.05, 4.69) is 28.5 Å². The van der Waals surface area contributed by atoms with Crippen LogP contribution in [0.25, 0.3) is 22.2 Å². The smallest absolute Gasteiger partial charge is 0.253 e. The monoisotopic (exact) mass is 516 g/mol. The molecule has 3 aromatic carbocycles. The van der Waals surface area contributed by atoms with Crippen LogP contribution in [0.1, 0.15) is 27.0 Å². The lowest BCUT2D eigenvalue weighted by atomic mass is 9.98. The summed E-state index contributed by atoms with van der Waals surface area (Å²) in [6, 6.07) is 22.9. The molecule has 2 aromatic heterocycles. The number of carbonyl (C=O) groups excluding carboxylic acids is 1. The van der Waals surface area contributed by atoms with Gasteiger partial charge in [-0.2, -0.15) is 10.2 Å². The first-order valence-corrected chi connectivity index (χ1v) is 12.4. The van der Waals surface area contributed by atoms with Crippen LogP contribution < -0.4 is 10.1 Å². The van der Waals surface area contributed by atoms with Crippen LogP contribution in [0.15, 0.2) is 72.9 Å². The highest BCUT2D eigenvalue weighted by atomic mass is 16.5. The van der Waals surface area contributed by atoms with Gasteiger partial charge in [0.2, 0.25) is 11.8 Å². The number of rotatable bonds is 6. The molecular weight excluding hydrogens is 488 g/mol. The summed E-state index contributed by atoms with van der Waals surface area (Å²) in [6.45, 7) is 4.00. The minimum atomic E-state index is -0.0361. The average molecular weight is 517 g/mol. The van der Waals surface area contributed by atoms with Crippen molar-refractivity contribution < 1.29 is 9.53 Å². The second-order valence-electron chi connectivity index (χ2n) is 9.65. The summed E-state index contributed by atoms with van der Waals surface area (Å²) in [7, 11) is 5.42. The van der Waals surface area contributed by atoms with Gasteiger partial charge in [0.15, 0.2) is 0 Å². The van der Waals surface area contributed by atoms with Crippen LogP contribution in [0.3, 0.4) is 0 Å². The number of hydrogen-bond acceptors (Lipinski definition) is 6. The Morgan fingerprint density at radius 3 is 2.36 bits per heavy atom. The zero-order chi connectivity index (χ0) is 27.7. The zero-order valence-corrected chi connectivity index (χ0v) is 22.5. The zero-order valence-electron chi connectivity index (χ0n) is 22.5. The van der Waals surface area contributed by atoms with Gasteiger partial charge in [-0.3, -0.25) is 4.79 Å². The number of aromatic nitrogens is 3. The van der Waals surface area contributed by atoms with Crippen molar-refractivity contribution in [2.45, 2.75) is 13.8 Å². The lowest BCUT2D eigenvalue weighted by Gasteiger charge is -2.16. The molecule has 8 heteroatoms. The SMILES string of the molecule is Cc1cc(-c2cccc(C(=O)N(C)C)c2)cc(C)c1Oc1nc(Nc2ccc(C#N)cc2)nc2ccn(C)c12. The first-order valence-electron chi connectivity index (χ1n) is 12.4. The first kappa shape index (κ1) is 25.5. The molecule has 0 fully saturated rings. The molecule has 0 saturated carbocycles. The standard InChI is InChI=1S/C31H28N6O2/c1-19-15-24(22-7-6-8-23(17-22)30(38)36(3)4)16-20(2)28(19)39-29-27-26(13-14-37(27)5)34-31(35-29)33-25-11-9-21(18-32)10-12-25/h6-17H,1-5H3,(H,33,34,35). The highest BCUT2D eigenvalue weighted by Crippen LogP contribution is 2.36. The molecule has 0 aliphatic carbocycles. The fourth-order valence-corrected chi connectivity index (χ4v) is 4.50. The quantitative estimate of drug-likeness (QED) is 0.282. The molecule has 194 valence electrons. The Bertz CT molecular complexity index is 1720.